The van der Waals surface area contributed by atoms with E-state index in [2.05, 4.69) is 0 Å². The molecule has 1 aromatic heterocycles. The van der Waals surface area contributed by atoms with E-state index >= 15 is 0 Å². The molecule has 0 fully saturated rings. The zero-order valence-corrected chi connectivity index (χ0v) is 8.40. The van der Waals surface area contributed by atoms with Gasteiger partial charge in [-0.25, -0.2) is 0 Å². The molecule has 0 saturated carbocycles. The molecule has 78 valence electrons. The molecule has 0 unspecified atom stereocenters. The smallest absolute Gasteiger partial charge is 0.212 e. The van der Waals surface area contributed by atoms with Gasteiger partial charge in [0.1, 0.15) is 11.3 Å². The number of hydrogen-bond donors (Lipinski definition) is 1. The first kappa shape index (κ1) is 9.58. The maximum Gasteiger partial charge on any atom is 0.212 e. The number of carbonyl (C=O) groups excluding carboxylic acids is 1. The van der Waals surface area contributed by atoms with Gasteiger partial charge in [0.2, 0.25) is 5.76 Å². The van der Waals surface area contributed by atoms with E-state index in [0.717, 1.165) is 0 Å². The number of ether oxygens (including phenoxy) is 1. The third-order valence-corrected chi connectivity index (χ3v) is 2.15. The molecule has 1 heterocycles. The number of phenols is 1. The summed E-state index contributed by atoms with van der Waals surface area (Å²) in [6, 6.07) is 4.60. The number of methoxy groups -OCH3 is 1. The van der Waals surface area contributed by atoms with E-state index in [1.807, 2.05) is 0 Å². The van der Waals surface area contributed by atoms with Crippen molar-refractivity contribution in [3.8, 4) is 11.5 Å². The highest BCUT2D eigenvalue weighted by molar-refractivity contribution is 6.01. The van der Waals surface area contributed by atoms with Crippen molar-refractivity contribution in [3.63, 3.8) is 0 Å². The van der Waals surface area contributed by atoms with Crippen molar-refractivity contribution in [2.45, 2.75) is 6.92 Å². The lowest BCUT2D eigenvalue weighted by molar-refractivity contribution is 0.0985. The second-order valence-corrected chi connectivity index (χ2v) is 3.20. The van der Waals surface area contributed by atoms with Crippen LogP contribution >= 0.6 is 0 Å². The summed E-state index contributed by atoms with van der Waals surface area (Å²) in [6.45, 7) is 1.40. The van der Waals surface area contributed by atoms with Crippen LogP contribution in [0, 0.1) is 0 Å². The Balaban J connectivity index is 2.79. The Morgan fingerprint density at radius 2 is 2.20 bits per heavy atom. The number of benzene rings is 1. The summed E-state index contributed by atoms with van der Waals surface area (Å²) in [5, 5.41) is 9.92. The van der Waals surface area contributed by atoms with Crippen LogP contribution in [0.25, 0.3) is 11.0 Å². The molecule has 15 heavy (non-hydrogen) atoms. The Morgan fingerprint density at radius 1 is 1.47 bits per heavy atom. The molecule has 1 N–H and O–H groups in total. The quantitative estimate of drug-likeness (QED) is 0.766. The topological polar surface area (TPSA) is 59.7 Å². The fourth-order valence-electron chi connectivity index (χ4n) is 1.50. The molecule has 0 amide bonds. The summed E-state index contributed by atoms with van der Waals surface area (Å²) in [7, 11) is 1.46. The predicted octanol–water partition coefficient (Wildman–Crippen LogP) is 2.35. The molecule has 0 atom stereocenters. The average molecular weight is 206 g/mol. The van der Waals surface area contributed by atoms with Gasteiger partial charge in [-0.15, -0.1) is 0 Å². The van der Waals surface area contributed by atoms with Crippen molar-refractivity contribution in [2.24, 2.45) is 0 Å². The van der Waals surface area contributed by atoms with Crippen molar-refractivity contribution >= 4 is 16.8 Å². The molecular formula is C11H10O4. The standard InChI is InChI=1S/C11H10O4/c1-6(12)10-11(14-2)8-5-7(13)3-4-9(8)15-10/h3-5,13H,1-2H3. The van der Waals surface area contributed by atoms with Crippen LogP contribution in [0.5, 0.6) is 11.5 Å². The minimum atomic E-state index is -0.206. The molecule has 0 aliphatic carbocycles. The summed E-state index contributed by atoms with van der Waals surface area (Å²) in [4.78, 5) is 11.2. The SMILES string of the molecule is COc1c(C(C)=O)oc2ccc(O)cc12. The molecular weight excluding hydrogens is 196 g/mol. The van der Waals surface area contributed by atoms with E-state index in [1.165, 1.54) is 26.2 Å². The van der Waals surface area contributed by atoms with Crippen LogP contribution in [0.2, 0.25) is 0 Å². The van der Waals surface area contributed by atoms with Gasteiger partial charge in [-0.1, -0.05) is 0 Å². The zero-order chi connectivity index (χ0) is 11.0. The number of aromatic hydroxyl groups is 1. The maximum atomic E-state index is 11.2. The number of furan rings is 1. The van der Waals surface area contributed by atoms with Gasteiger partial charge in [-0.05, 0) is 18.2 Å². The second kappa shape index (κ2) is 3.31. The largest absolute Gasteiger partial charge is 0.508 e. The Labute approximate surface area is 86.1 Å². The molecule has 0 bridgehead atoms. The average Bonchev–Trinajstić information content (AvgIpc) is 2.55. The Kier molecular flexibility index (Phi) is 2.11. The summed E-state index contributed by atoms with van der Waals surface area (Å²) >= 11 is 0. The van der Waals surface area contributed by atoms with Crippen LogP contribution in [0.15, 0.2) is 22.6 Å². The monoisotopic (exact) mass is 206 g/mol. The number of phenolic OH excluding ortho intramolecular Hbond substituents is 1. The summed E-state index contributed by atoms with van der Waals surface area (Å²) in [5.74, 6) is 0.450. The molecule has 0 aliphatic rings. The van der Waals surface area contributed by atoms with Crippen LogP contribution in [0.1, 0.15) is 17.5 Å². The lowest BCUT2D eigenvalue weighted by Gasteiger charge is -1.97. The van der Waals surface area contributed by atoms with Crippen molar-refractivity contribution in [1.82, 2.24) is 0 Å². The van der Waals surface area contributed by atoms with Crippen molar-refractivity contribution < 1.29 is 19.1 Å². The molecule has 4 heteroatoms. The zero-order valence-electron chi connectivity index (χ0n) is 8.40. The van der Waals surface area contributed by atoms with Gasteiger partial charge in [0.05, 0.1) is 12.5 Å². The molecule has 4 nitrogen and oxygen atoms in total. The van der Waals surface area contributed by atoms with Gasteiger partial charge >= 0.3 is 0 Å². The number of Topliss-reactive ketones (excluding diaryl/α,β-unsaturated/α-hetero) is 1. The number of ketones is 1. The van der Waals surface area contributed by atoms with Crippen LogP contribution < -0.4 is 4.74 Å². The molecule has 0 saturated heterocycles. The Bertz CT molecular complexity index is 525. The van der Waals surface area contributed by atoms with Crippen molar-refractivity contribution in [2.75, 3.05) is 7.11 Å². The first-order valence-electron chi connectivity index (χ1n) is 4.44. The van der Waals surface area contributed by atoms with Gasteiger partial charge in [0.25, 0.3) is 0 Å². The molecule has 2 rings (SSSR count). The summed E-state index contributed by atoms with van der Waals surface area (Å²) < 4.78 is 10.4. The minimum Gasteiger partial charge on any atom is -0.508 e. The van der Waals surface area contributed by atoms with E-state index < -0.39 is 0 Å². The second-order valence-electron chi connectivity index (χ2n) is 3.20. The number of carbonyl (C=O) groups is 1. The fourth-order valence-corrected chi connectivity index (χ4v) is 1.50. The molecule has 0 spiro atoms. The van der Waals surface area contributed by atoms with Gasteiger partial charge in [0.15, 0.2) is 11.5 Å². The highest BCUT2D eigenvalue weighted by Crippen LogP contribution is 2.35. The number of hydrogen-bond acceptors (Lipinski definition) is 4. The predicted molar refractivity (Wildman–Crippen MR) is 54.4 cm³/mol. The summed E-state index contributed by atoms with van der Waals surface area (Å²) in [5.41, 5.74) is 0.523. The van der Waals surface area contributed by atoms with Crippen LogP contribution in [0.3, 0.4) is 0 Å². The van der Waals surface area contributed by atoms with E-state index in [-0.39, 0.29) is 17.3 Å². The first-order valence-corrected chi connectivity index (χ1v) is 4.44. The maximum absolute atomic E-state index is 11.2. The van der Waals surface area contributed by atoms with Gasteiger partial charge in [-0.3, -0.25) is 4.79 Å². The Morgan fingerprint density at radius 3 is 2.80 bits per heavy atom. The lowest BCUT2D eigenvalue weighted by atomic mass is 10.2. The molecule has 2 aromatic rings. The van der Waals surface area contributed by atoms with Crippen LogP contribution in [-0.2, 0) is 0 Å². The highest BCUT2D eigenvalue weighted by Gasteiger charge is 2.18. The van der Waals surface area contributed by atoms with Crippen molar-refractivity contribution in [1.29, 1.82) is 0 Å². The van der Waals surface area contributed by atoms with Crippen molar-refractivity contribution in [3.05, 3.63) is 24.0 Å². The lowest BCUT2D eigenvalue weighted by Crippen LogP contribution is -1.92. The van der Waals surface area contributed by atoms with Gasteiger partial charge in [0, 0.05) is 6.92 Å². The Hall–Kier alpha value is -1.97. The minimum absolute atomic E-state index is 0.108. The normalized spacial score (nSPS) is 10.5. The first-order chi connectivity index (χ1) is 7.13. The third kappa shape index (κ3) is 1.44. The van der Waals surface area contributed by atoms with E-state index in [4.69, 9.17) is 9.15 Å². The third-order valence-electron chi connectivity index (χ3n) is 2.15. The van der Waals surface area contributed by atoms with Crippen LogP contribution in [0.4, 0.5) is 0 Å². The molecule has 0 radical (unpaired) electrons. The van der Waals surface area contributed by atoms with Gasteiger partial charge in [-0.2, -0.15) is 0 Å². The van der Waals surface area contributed by atoms with Crippen LogP contribution in [-0.4, -0.2) is 18.0 Å². The number of fused-ring (bicyclic) bond motifs is 1. The van der Waals surface area contributed by atoms with E-state index in [0.29, 0.717) is 16.7 Å². The number of rotatable bonds is 2. The van der Waals surface area contributed by atoms with E-state index in [9.17, 15) is 9.90 Å². The highest BCUT2D eigenvalue weighted by atomic mass is 16.5. The van der Waals surface area contributed by atoms with Gasteiger partial charge < -0.3 is 14.3 Å². The molecule has 1 aromatic carbocycles. The fraction of sp³-hybridized carbons (Fsp3) is 0.182. The summed E-state index contributed by atoms with van der Waals surface area (Å²) in [6.07, 6.45) is 0. The molecule has 0 aliphatic heterocycles. The van der Waals surface area contributed by atoms with E-state index in [1.54, 1.807) is 6.07 Å².